The van der Waals surface area contributed by atoms with Gasteiger partial charge in [0, 0.05) is 19.3 Å². The molecule has 1 unspecified atom stereocenters. The van der Waals surface area contributed by atoms with Crippen LogP contribution in [0.4, 0.5) is 0 Å². The summed E-state index contributed by atoms with van der Waals surface area (Å²) in [5, 5.41) is 0. The van der Waals surface area contributed by atoms with Gasteiger partial charge in [-0.3, -0.25) is 0 Å². The average molecular weight is 288 g/mol. The Kier molecular flexibility index (Phi) is 9.82. The Morgan fingerprint density at radius 2 is 1.74 bits per heavy atom. The lowest BCUT2D eigenvalue weighted by atomic mass is 10.3. The van der Waals surface area contributed by atoms with Gasteiger partial charge in [0.25, 0.3) is 0 Å². The van der Waals surface area contributed by atoms with Crippen LogP contribution in [0.1, 0.15) is 46.5 Å². The van der Waals surface area contributed by atoms with Crippen LogP contribution in [0.2, 0.25) is 0 Å². The van der Waals surface area contributed by atoms with Crippen LogP contribution in [-0.2, 0) is 19.0 Å². The first-order valence-corrected chi connectivity index (χ1v) is 8.11. The molecule has 0 aliphatic carbocycles. The van der Waals surface area contributed by atoms with Gasteiger partial charge in [0.2, 0.25) is 0 Å². The molecule has 0 aromatic rings. The summed E-state index contributed by atoms with van der Waals surface area (Å²) in [7, 11) is 0.638. The van der Waals surface area contributed by atoms with Crippen molar-refractivity contribution in [2.75, 3.05) is 13.2 Å². The van der Waals surface area contributed by atoms with Crippen molar-refractivity contribution in [1.29, 1.82) is 0 Å². The SMILES string of the molecule is C=CC(=O)OC(C)C([SiH3])(OCCCC)OCCCC. The van der Waals surface area contributed by atoms with Crippen molar-refractivity contribution in [1.82, 2.24) is 0 Å². The van der Waals surface area contributed by atoms with Crippen LogP contribution < -0.4 is 0 Å². The summed E-state index contributed by atoms with van der Waals surface area (Å²) in [5.74, 6) is -0.439. The lowest BCUT2D eigenvalue weighted by Crippen LogP contribution is -2.49. The summed E-state index contributed by atoms with van der Waals surface area (Å²) < 4.78 is 17.0. The van der Waals surface area contributed by atoms with E-state index in [-0.39, 0.29) is 0 Å². The van der Waals surface area contributed by atoms with E-state index in [0.29, 0.717) is 23.5 Å². The first-order chi connectivity index (χ1) is 9.00. The van der Waals surface area contributed by atoms with E-state index < -0.39 is 17.5 Å². The van der Waals surface area contributed by atoms with Crippen LogP contribution in [0.3, 0.4) is 0 Å². The molecule has 4 nitrogen and oxygen atoms in total. The van der Waals surface area contributed by atoms with Gasteiger partial charge in [-0.15, -0.1) is 0 Å². The molecule has 0 aromatic carbocycles. The van der Waals surface area contributed by atoms with Crippen molar-refractivity contribution >= 4 is 16.2 Å². The molecule has 0 aliphatic heterocycles. The van der Waals surface area contributed by atoms with Gasteiger partial charge in [-0.25, -0.2) is 4.79 Å². The van der Waals surface area contributed by atoms with Crippen molar-refractivity contribution < 1.29 is 19.0 Å². The highest BCUT2D eigenvalue weighted by molar-refractivity contribution is 6.14. The molecule has 0 N–H and O–H groups in total. The second kappa shape index (κ2) is 10.2. The smallest absolute Gasteiger partial charge is 0.330 e. The topological polar surface area (TPSA) is 44.8 Å². The predicted molar refractivity (Wildman–Crippen MR) is 80.1 cm³/mol. The zero-order valence-electron chi connectivity index (χ0n) is 12.7. The number of unbranched alkanes of at least 4 members (excludes halogenated alkanes) is 2. The van der Waals surface area contributed by atoms with E-state index in [1.807, 2.05) is 6.92 Å². The fourth-order valence-corrected chi connectivity index (χ4v) is 1.97. The number of carbonyl (C=O) groups is 1. The molecule has 0 spiro atoms. The normalized spacial score (nSPS) is 13.2. The molecule has 0 saturated heterocycles. The van der Waals surface area contributed by atoms with Crippen molar-refractivity contribution in [3.05, 3.63) is 12.7 Å². The minimum atomic E-state index is -0.761. The van der Waals surface area contributed by atoms with Gasteiger partial charge in [0.05, 0.1) is 10.2 Å². The Morgan fingerprint density at radius 1 is 1.26 bits per heavy atom. The zero-order chi connectivity index (χ0) is 14.7. The lowest BCUT2D eigenvalue weighted by molar-refractivity contribution is -0.233. The van der Waals surface area contributed by atoms with Crippen molar-refractivity contribution in [3.63, 3.8) is 0 Å². The van der Waals surface area contributed by atoms with Gasteiger partial charge < -0.3 is 14.2 Å². The molecule has 0 aromatic heterocycles. The Morgan fingerprint density at radius 3 is 2.11 bits per heavy atom. The number of esters is 1. The third-order valence-corrected chi connectivity index (χ3v) is 4.36. The maximum absolute atomic E-state index is 11.3. The summed E-state index contributed by atoms with van der Waals surface area (Å²) in [6, 6.07) is 0. The minimum absolute atomic E-state index is 0.418. The summed E-state index contributed by atoms with van der Waals surface area (Å²) in [6.45, 7) is 10.7. The largest absolute Gasteiger partial charge is 0.454 e. The second-order valence-electron chi connectivity index (χ2n) is 4.70. The number of hydrogen-bond acceptors (Lipinski definition) is 4. The Bertz CT molecular complexity index is 258. The molecular weight excluding hydrogens is 260 g/mol. The maximum Gasteiger partial charge on any atom is 0.330 e. The highest BCUT2D eigenvalue weighted by atomic mass is 28.1. The molecule has 0 fully saturated rings. The van der Waals surface area contributed by atoms with Crippen LogP contribution in [0.25, 0.3) is 0 Å². The van der Waals surface area contributed by atoms with Crippen LogP contribution in [0.15, 0.2) is 12.7 Å². The maximum atomic E-state index is 11.3. The third-order valence-electron chi connectivity index (χ3n) is 2.97. The van der Waals surface area contributed by atoms with Gasteiger partial charge in [0.1, 0.15) is 6.10 Å². The van der Waals surface area contributed by atoms with E-state index in [1.54, 1.807) is 0 Å². The quantitative estimate of drug-likeness (QED) is 0.191. The molecule has 0 radical (unpaired) electrons. The number of rotatable bonds is 11. The lowest BCUT2D eigenvalue weighted by Gasteiger charge is -2.35. The fourth-order valence-electron chi connectivity index (χ4n) is 1.44. The molecule has 112 valence electrons. The van der Waals surface area contributed by atoms with Gasteiger partial charge >= 0.3 is 5.97 Å². The first-order valence-electron chi connectivity index (χ1n) is 7.11. The van der Waals surface area contributed by atoms with Crippen LogP contribution in [0, 0.1) is 0 Å². The molecule has 0 heterocycles. The molecule has 0 rings (SSSR count). The van der Waals surface area contributed by atoms with Crippen LogP contribution in [0.5, 0.6) is 0 Å². The van der Waals surface area contributed by atoms with E-state index in [1.165, 1.54) is 0 Å². The van der Waals surface area contributed by atoms with Gasteiger partial charge in [0.15, 0.2) is 5.41 Å². The molecule has 0 saturated carbocycles. The summed E-state index contributed by atoms with van der Waals surface area (Å²) in [5.41, 5.74) is -0.761. The number of carbonyl (C=O) groups excluding carboxylic acids is 1. The van der Waals surface area contributed by atoms with Crippen LogP contribution in [-0.4, -0.2) is 40.9 Å². The second-order valence-corrected chi connectivity index (χ2v) is 6.10. The van der Waals surface area contributed by atoms with E-state index in [0.717, 1.165) is 31.8 Å². The average Bonchev–Trinajstić information content (AvgIpc) is 2.39. The Balaban J connectivity index is 4.51. The van der Waals surface area contributed by atoms with Gasteiger partial charge in [-0.1, -0.05) is 33.3 Å². The molecule has 0 amide bonds. The molecule has 0 bridgehead atoms. The highest BCUT2D eigenvalue weighted by Gasteiger charge is 2.35. The Labute approximate surface area is 119 Å². The molecular formula is C14H28O4Si. The van der Waals surface area contributed by atoms with Gasteiger partial charge in [-0.2, -0.15) is 0 Å². The standard InChI is InChI=1S/C14H28O4Si/c1-5-8-10-16-14(19,17-11-9-6-2)12(4)18-13(15)7-3/h7,12H,3,5-6,8-11H2,1-2,4,19H3. The van der Waals surface area contributed by atoms with Crippen molar-refractivity contribution in [3.8, 4) is 0 Å². The fraction of sp³-hybridized carbons (Fsp3) is 0.786. The summed E-state index contributed by atoms with van der Waals surface area (Å²) in [4.78, 5) is 11.3. The minimum Gasteiger partial charge on any atom is -0.454 e. The van der Waals surface area contributed by atoms with Crippen molar-refractivity contribution in [2.45, 2.75) is 58.0 Å². The molecule has 1 atom stereocenters. The number of hydrogen-bond donors (Lipinski definition) is 0. The van der Waals surface area contributed by atoms with E-state index in [9.17, 15) is 4.79 Å². The predicted octanol–water partition coefficient (Wildman–Crippen LogP) is 1.76. The summed E-state index contributed by atoms with van der Waals surface area (Å²) in [6.07, 6.45) is 4.82. The monoisotopic (exact) mass is 288 g/mol. The van der Waals surface area contributed by atoms with E-state index in [2.05, 4.69) is 20.4 Å². The van der Waals surface area contributed by atoms with Crippen LogP contribution >= 0.6 is 0 Å². The third kappa shape index (κ3) is 7.50. The summed E-state index contributed by atoms with van der Waals surface area (Å²) >= 11 is 0. The molecule has 5 heteroatoms. The van der Waals surface area contributed by atoms with E-state index >= 15 is 0 Å². The zero-order valence-corrected chi connectivity index (χ0v) is 14.7. The molecule has 19 heavy (non-hydrogen) atoms. The Hall–Kier alpha value is -0.653. The van der Waals surface area contributed by atoms with Crippen molar-refractivity contribution in [2.24, 2.45) is 0 Å². The van der Waals surface area contributed by atoms with Gasteiger partial charge in [-0.05, 0) is 19.8 Å². The number of ether oxygens (including phenoxy) is 3. The first kappa shape index (κ1) is 18.3. The van der Waals surface area contributed by atoms with E-state index in [4.69, 9.17) is 14.2 Å². The highest BCUT2D eigenvalue weighted by Crippen LogP contribution is 2.19. The molecule has 0 aliphatic rings.